The second-order valence-corrected chi connectivity index (χ2v) is 10.4. The lowest BCUT2D eigenvalue weighted by Crippen LogP contribution is -2.74. The number of methoxy groups -OCH3 is 1. The van der Waals surface area contributed by atoms with Crippen LogP contribution in [0.15, 0.2) is 65.6 Å². The number of nitrogens with one attached hydrogen (secondary N) is 1. The van der Waals surface area contributed by atoms with Crippen LogP contribution in [-0.2, 0) is 46.6 Å². The second kappa shape index (κ2) is 11.9. The van der Waals surface area contributed by atoms with Gasteiger partial charge in [-0.05, 0) is 34.2 Å². The van der Waals surface area contributed by atoms with Crippen LogP contribution in [0.2, 0.25) is 0 Å². The van der Waals surface area contributed by atoms with Crippen LogP contribution in [0.5, 0.6) is 5.75 Å². The van der Waals surface area contributed by atoms with Gasteiger partial charge in [-0.2, -0.15) is 5.06 Å². The SMILES string of the molecule is COc1ccc(COC(=O)[C@H]2C(CON3C(=O)CCC3=O)=CS[C@@H]3[C@H](NC(=O)Cc4ccccc4)C(=O)N23)cc1. The summed E-state index contributed by atoms with van der Waals surface area (Å²) in [4.78, 5) is 70.0. The molecule has 2 aromatic carbocycles. The normalized spacial score (nSPS) is 21.9. The number of esters is 1. The molecule has 2 fully saturated rings. The maximum atomic E-state index is 13.4. The van der Waals surface area contributed by atoms with Gasteiger partial charge in [0.15, 0.2) is 6.04 Å². The molecule has 2 aromatic rings. The lowest BCUT2D eigenvalue weighted by Gasteiger charge is -2.51. The number of hydroxylamine groups is 2. The summed E-state index contributed by atoms with van der Waals surface area (Å²) in [5, 5.41) is 4.59. The van der Waals surface area contributed by atoms with Gasteiger partial charge in [-0.25, -0.2) is 4.79 Å². The molecule has 0 saturated carbocycles. The predicted octanol–water partition coefficient (Wildman–Crippen LogP) is 1.71. The summed E-state index contributed by atoms with van der Waals surface area (Å²) in [6.07, 6.45) is 0.218. The average molecular weight is 566 g/mol. The minimum atomic E-state index is -1.15. The van der Waals surface area contributed by atoms with Crippen molar-refractivity contribution in [2.24, 2.45) is 0 Å². The van der Waals surface area contributed by atoms with Crippen LogP contribution in [0, 0.1) is 0 Å². The molecule has 0 bridgehead atoms. The van der Waals surface area contributed by atoms with Crippen molar-refractivity contribution in [3.8, 4) is 5.75 Å². The summed E-state index contributed by atoms with van der Waals surface area (Å²) < 4.78 is 10.7. The molecule has 3 heterocycles. The quantitative estimate of drug-likeness (QED) is 0.260. The number of amides is 4. The molecule has 4 amide bonds. The Balaban J connectivity index is 1.29. The number of carbonyl (C=O) groups excluding carboxylic acids is 5. The first-order valence-corrected chi connectivity index (χ1v) is 13.6. The van der Waals surface area contributed by atoms with E-state index >= 15 is 0 Å². The number of fused-ring (bicyclic) bond motifs is 1. The minimum Gasteiger partial charge on any atom is -0.497 e. The van der Waals surface area contributed by atoms with E-state index in [0.29, 0.717) is 21.9 Å². The van der Waals surface area contributed by atoms with E-state index in [1.807, 2.05) is 30.3 Å². The monoisotopic (exact) mass is 565 g/mol. The molecule has 3 aliphatic rings. The largest absolute Gasteiger partial charge is 0.497 e. The lowest BCUT2D eigenvalue weighted by molar-refractivity contribution is -0.186. The average Bonchev–Trinajstić information content (AvgIpc) is 3.30. The van der Waals surface area contributed by atoms with Crippen LogP contribution < -0.4 is 10.1 Å². The summed E-state index contributed by atoms with van der Waals surface area (Å²) in [5.41, 5.74) is 1.88. The molecule has 3 atom stereocenters. The predicted molar refractivity (Wildman–Crippen MR) is 142 cm³/mol. The van der Waals surface area contributed by atoms with Gasteiger partial charge in [0, 0.05) is 12.8 Å². The van der Waals surface area contributed by atoms with Crippen molar-refractivity contribution in [2.45, 2.75) is 43.3 Å². The first-order valence-electron chi connectivity index (χ1n) is 12.6. The number of hydrogen-bond acceptors (Lipinski definition) is 9. The molecule has 0 aliphatic carbocycles. The number of benzene rings is 2. The van der Waals surface area contributed by atoms with Crippen LogP contribution in [-0.4, -0.2) is 70.7 Å². The third kappa shape index (κ3) is 5.73. The van der Waals surface area contributed by atoms with Crippen LogP contribution in [0.3, 0.4) is 0 Å². The van der Waals surface area contributed by atoms with Gasteiger partial charge >= 0.3 is 5.97 Å². The summed E-state index contributed by atoms with van der Waals surface area (Å²) in [6, 6.07) is 14.2. The third-order valence-corrected chi connectivity index (χ3v) is 7.94. The van der Waals surface area contributed by atoms with Gasteiger partial charge < -0.3 is 19.7 Å². The summed E-state index contributed by atoms with van der Waals surface area (Å²) in [6.45, 7) is -0.318. The molecule has 12 heteroatoms. The summed E-state index contributed by atoms with van der Waals surface area (Å²) in [5.74, 6) is -1.73. The number of hydrogen-bond donors (Lipinski definition) is 1. The van der Waals surface area contributed by atoms with E-state index in [1.54, 1.807) is 36.8 Å². The second-order valence-electron chi connectivity index (χ2n) is 9.39. The van der Waals surface area contributed by atoms with Crippen molar-refractivity contribution < 1.29 is 38.3 Å². The van der Waals surface area contributed by atoms with Crippen molar-refractivity contribution in [2.75, 3.05) is 13.7 Å². The zero-order valence-corrected chi connectivity index (χ0v) is 22.4. The van der Waals surface area contributed by atoms with Crippen LogP contribution in [0.4, 0.5) is 0 Å². The van der Waals surface area contributed by atoms with Crippen LogP contribution in [0.1, 0.15) is 24.0 Å². The molecule has 40 heavy (non-hydrogen) atoms. The third-order valence-electron chi connectivity index (χ3n) is 6.72. The molecule has 0 aromatic heterocycles. The molecule has 0 spiro atoms. The van der Waals surface area contributed by atoms with Crippen molar-refractivity contribution in [3.63, 3.8) is 0 Å². The van der Waals surface area contributed by atoms with Gasteiger partial charge in [0.05, 0.1) is 13.5 Å². The molecule has 0 radical (unpaired) electrons. The number of imide groups is 1. The van der Waals surface area contributed by atoms with E-state index in [9.17, 15) is 24.0 Å². The maximum absolute atomic E-state index is 13.4. The zero-order valence-electron chi connectivity index (χ0n) is 21.6. The van der Waals surface area contributed by atoms with Gasteiger partial charge in [0.25, 0.3) is 11.8 Å². The van der Waals surface area contributed by atoms with E-state index in [1.165, 1.54) is 16.7 Å². The first kappa shape index (κ1) is 27.4. The highest BCUT2D eigenvalue weighted by molar-refractivity contribution is 8.02. The molecule has 3 aliphatic heterocycles. The van der Waals surface area contributed by atoms with Gasteiger partial charge in [-0.15, -0.1) is 11.8 Å². The Morgan fingerprint density at radius 2 is 1.65 bits per heavy atom. The van der Waals surface area contributed by atoms with Crippen LogP contribution in [0.25, 0.3) is 0 Å². The lowest BCUT2D eigenvalue weighted by atomic mass is 9.98. The molecule has 1 N–H and O–H groups in total. The Bertz CT molecular complexity index is 1330. The highest BCUT2D eigenvalue weighted by Gasteiger charge is 2.56. The van der Waals surface area contributed by atoms with E-state index in [4.69, 9.17) is 14.3 Å². The van der Waals surface area contributed by atoms with Gasteiger partial charge in [0.2, 0.25) is 11.8 Å². The Morgan fingerprint density at radius 1 is 0.950 bits per heavy atom. The topological polar surface area (TPSA) is 132 Å². The van der Waals surface area contributed by atoms with Crippen molar-refractivity contribution in [1.29, 1.82) is 0 Å². The number of thioether (sulfide) groups is 1. The van der Waals surface area contributed by atoms with Crippen molar-refractivity contribution in [1.82, 2.24) is 15.3 Å². The molecule has 0 unspecified atom stereocenters. The summed E-state index contributed by atoms with van der Waals surface area (Å²) >= 11 is 1.24. The van der Waals surface area contributed by atoms with E-state index in [0.717, 1.165) is 5.56 Å². The molecule has 208 valence electrons. The smallest absolute Gasteiger partial charge is 0.333 e. The Kier molecular flexibility index (Phi) is 8.17. The first-order chi connectivity index (χ1) is 19.4. The number of nitrogens with zero attached hydrogens (tertiary/aromatic N) is 2. The molecule has 5 rings (SSSR count). The Labute approximate surface area is 234 Å². The maximum Gasteiger partial charge on any atom is 0.333 e. The zero-order chi connectivity index (χ0) is 28.2. The van der Waals surface area contributed by atoms with Gasteiger partial charge in [0.1, 0.15) is 30.4 Å². The number of β-lactam (4-membered cyclic amide) rings is 1. The fourth-order valence-electron chi connectivity index (χ4n) is 4.62. The highest BCUT2D eigenvalue weighted by Crippen LogP contribution is 2.40. The number of carbonyl (C=O) groups is 5. The summed E-state index contributed by atoms with van der Waals surface area (Å²) in [7, 11) is 1.55. The Hall–Kier alpha value is -4.16. The Morgan fingerprint density at radius 3 is 2.33 bits per heavy atom. The van der Waals surface area contributed by atoms with Crippen LogP contribution >= 0.6 is 11.8 Å². The number of rotatable bonds is 10. The van der Waals surface area contributed by atoms with E-state index in [2.05, 4.69) is 5.32 Å². The molecule has 2 saturated heterocycles. The van der Waals surface area contributed by atoms with E-state index < -0.39 is 41.1 Å². The number of ether oxygens (including phenoxy) is 2. The molecular weight excluding hydrogens is 538 g/mol. The highest BCUT2D eigenvalue weighted by atomic mass is 32.2. The standard InChI is InChI=1S/C28H27N3O8S/c1-37-20-9-7-18(8-10-20)14-38-28(36)25-19(15-39-31-22(33)11-12-23(31)34)16-40-27-24(26(35)30(25)27)29-21(32)13-17-5-3-2-4-6-17/h2-10,16,24-25,27H,11-15H2,1H3,(H,29,32)/t24-,25-,27-/m1/s1. The fourth-order valence-corrected chi connectivity index (χ4v) is 5.83. The van der Waals surface area contributed by atoms with Crippen molar-refractivity contribution >= 4 is 41.4 Å². The van der Waals surface area contributed by atoms with Gasteiger partial charge in [-0.3, -0.25) is 24.0 Å². The van der Waals surface area contributed by atoms with E-state index in [-0.39, 0.29) is 38.4 Å². The minimum absolute atomic E-state index is 0.0480. The van der Waals surface area contributed by atoms with Gasteiger partial charge in [-0.1, -0.05) is 42.5 Å². The van der Waals surface area contributed by atoms with Crippen molar-refractivity contribution in [3.05, 3.63) is 76.7 Å². The fraction of sp³-hybridized carbons (Fsp3) is 0.321. The molecular formula is C28H27N3O8S. The molecule has 11 nitrogen and oxygen atoms in total.